The summed E-state index contributed by atoms with van der Waals surface area (Å²) in [5, 5.41) is 5.42. The first-order valence-corrected chi connectivity index (χ1v) is 3.46. The molecule has 0 aromatic rings. The largest absolute Gasteiger partial charge is 0.369 e. The van der Waals surface area contributed by atoms with Crippen molar-refractivity contribution in [2.24, 2.45) is 16.8 Å². The second-order valence-corrected chi connectivity index (χ2v) is 2.37. The minimum atomic E-state index is -1.28. The number of rotatable bonds is 2. The lowest BCUT2D eigenvalue weighted by molar-refractivity contribution is -0.130. The molecule has 3 amide bonds. The molecule has 1 rings (SSSR count). The van der Waals surface area contributed by atoms with Crippen molar-refractivity contribution in [2.75, 3.05) is 7.05 Å². The molecule has 1 atom stereocenters. The number of carbonyl (C=O) groups is 3. The first kappa shape index (κ1) is 9.17. The predicted octanol–water partition coefficient (Wildman–Crippen LogP) is -2.68. The molecular formula is C6H8N4O3. The van der Waals surface area contributed by atoms with Crippen molar-refractivity contribution in [2.45, 2.75) is 0 Å². The molecule has 0 radical (unpaired) electrons. The maximum absolute atomic E-state index is 11.0. The number of carbonyl (C=O) groups excluding carboxylic acids is 3. The highest BCUT2D eigenvalue weighted by molar-refractivity contribution is 6.54. The van der Waals surface area contributed by atoms with E-state index >= 15 is 0 Å². The van der Waals surface area contributed by atoms with E-state index in [0.717, 1.165) is 0 Å². The van der Waals surface area contributed by atoms with Crippen LogP contribution in [0.2, 0.25) is 0 Å². The molecule has 1 saturated heterocycles. The van der Waals surface area contributed by atoms with Crippen molar-refractivity contribution >= 4 is 23.4 Å². The third-order valence-electron chi connectivity index (χ3n) is 1.52. The number of nitrogens with one attached hydrogen (secondary N) is 2. The molecule has 0 aliphatic carbocycles. The van der Waals surface area contributed by atoms with Crippen molar-refractivity contribution in [3.63, 3.8) is 0 Å². The van der Waals surface area contributed by atoms with Gasteiger partial charge in [0.15, 0.2) is 5.92 Å². The summed E-state index contributed by atoms with van der Waals surface area (Å²) in [5.41, 5.74) is 7.03. The number of hydrogen-bond acceptors (Lipinski definition) is 5. The summed E-state index contributed by atoms with van der Waals surface area (Å²) < 4.78 is 0. The van der Waals surface area contributed by atoms with Crippen LogP contribution in [0.25, 0.3) is 0 Å². The molecule has 0 aromatic carbocycles. The molecule has 70 valence electrons. The molecular weight excluding hydrogens is 176 g/mol. The molecule has 7 nitrogen and oxygen atoms in total. The first-order chi connectivity index (χ1) is 6.07. The summed E-state index contributed by atoms with van der Waals surface area (Å²) in [6.45, 7) is 0. The van der Waals surface area contributed by atoms with Crippen LogP contribution in [0.4, 0.5) is 0 Å². The average Bonchev–Trinajstić information content (AvgIpc) is 2.27. The summed E-state index contributed by atoms with van der Waals surface area (Å²) in [4.78, 5) is 32.7. The maximum atomic E-state index is 11.0. The summed E-state index contributed by atoms with van der Waals surface area (Å²) in [7, 11) is 1.45. The smallest absolute Gasteiger partial charge is 0.275 e. The zero-order valence-corrected chi connectivity index (χ0v) is 6.83. The fourth-order valence-electron chi connectivity index (χ4n) is 1.00. The highest BCUT2D eigenvalue weighted by Crippen LogP contribution is 2.07. The molecule has 4 N–H and O–H groups in total. The Balaban J connectivity index is 3.04. The Morgan fingerprint density at radius 2 is 2.23 bits per heavy atom. The third-order valence-corrected chi connectivity index (χ3v) is 1.52. The fourth-order valence-corrected chi connectivity index (χ4v) is 1.00. The number of hydrazone groups is 1. The van der Waals surface area contributed by atoms with Crippen molar-refractivity contribution in [3.05, 3.63) is 0 Å². The molecule has 1 fully saturated rings. The Hall–Kier alpha value is -1.92. The molecule has 0 spiro atoms. The van der Waals surface area contributed by atoms with Crippen LogP contribution >= 0.6 is 0 Å². The van der Waals surface area contributed by atoms with Crippen LogP contribution in [0.3, 0.4) is 0 Å². The van der Waals surface area contributed by atoms with Gasteiger partial charge in [-0.25, -0.2) is 0 Å². The molecule has 1 heterocycles. The quantitative estimate of drug-likeness (QED) is 0.246. The predicted molar refractivity (Wildman–Crippen MR) is 42.3 cm³/mol. The van der Waals surface area contributed by atoms with Gasteiger partial charge in [-0.05, 0) is 0 Å². The Kier molecular flexibility index (Phi) is 2.27. The molecule has 0 saturated carbocycles. The van der Waals surface area contributed by atoms with Crippen molar-refractivity contribution < 1.29 is 14.4 Å². The van der Waals surface area contributed by atoms with Gasteiger partial charge in [0.2, 0.25) is 11.8 Å². The Labute approximate surface area is 73.3 Å². The number of nitrogens with zero attached hydrogens (tertiary/aromatic N) is 1. The Bertz CT molecular complexity index is 309. The highest BCUT2D eigenvalue weighted by atomic mass is 16.2. The molecule has 13 heavy (non-hydrogen) atoms. The van der Waals surface area contributed by atoms with Crippen LogP contribution in [0.5, 0.6) is 0 Å². The van der Waals surface area contributed by atoms with E-state index in [9.17, 15) is 14.4 Å². The summed E-state index contributed by atoms with van der Waals surface area (Å²) in [6.07, 6.45) is 0. The monoisotopic (exact) mass is 184 g/mol. The normalized spacial score (nSPS) is 24.7. The zero-order chi connectivity index (χ0) is 10.0. The van der Waals surface area contributed by atoms with E-state index < -0.39 is 23.6 Å². The molecule has 1 aliphatic heterocycles. The number of amides is 3. The van der Waals surface area contributed by atoms with E-state index in [1.807, 2.05) is 5.32 Å². The molecule has 1 unspecified atom stereocenters. The molecule has 0 bridgehead atoms. The minimum absolute atomic E-state index is 0.194. The van der Waals surface area contributed by atoms with Crippen LogP contribution < -0.4 is 16.5 Å². The lowest BCUT2D eigenvalue weighted by Crippen LogP contribution is -2.34. The fraction of sp³-hybridized carbons (Fsp3) is 0.333. The lowest BCUT2D eigenvalue weighted by atomic mass is 10.1. The van der Waals surface area contributed by atoms with E-state index in [1.54, 1.807) is 0 Å². The van der Waals surface area contributed by atoms with Crippen molar-refractivity contribution in [3.8, 4) is 0 Å². The van der Waals surface area contributed by atoms with E-state index in [-0.39, 0.29) is 5.71 Å². The van der Waals surface area contributed by atoms with Crippen molar-refractivity contribution in [1.82, 2.24) is 10.7 Å². The van der Waals surface area contributed by atoms with Gasteiger partial charge in [-0.2, -0.15) is 5.10 Å². The summed E-state index contributed by atoms with van der Waals surface area (Å²) in [5.74, 6) is -3.59. The molecule has 0 aromatic heterocycles. The van der Waals surface area contributed by atoms with Crippen LogP contribution in [0.1, 0.15) is 0 Å². The van der Waals surface area contributed by atoms with Crippen LogP contribution in [0.15, 0.2) is 5.10 Å². The number of nitrogens with two attached hydrogens (primary N) is 1. The van der Waals surface area contributed by atoms with Gasteiger partial charge in [-0.3, -0.25) is 19.7 Å². The first-order valence-electron chi connectivity index (χ1n) is 3.46. The zero-order valence-electron chi connectivity index (χ0n) is 6.83. The molecule has 7 heteroatoms. The standard InChI is InChI=1S/C6H8N4O3/c1-8-10-3-2(4(7)11)5(12)9-6(3)13/h2,8H,1H3,(H2,7,11)(H,9,12,13)/b10-3+. The second-order valence-electron chi connectivity index (χ2n) is 2.37. The Morgan fingerprint density at radius 1 is 1.62 bits per heavy atom. The second kappa shape index (κ2) is 3.21. The summed E-state index contributed by atoms with van der Waals surface area (Å²) >= 11 is 0. The number of hydrogen-bond donors (Lipinski definition) is 3. The van der Waals surface area contributed by atoms with Crippen LogP contribution in [-0.4, -0.2) is 30.5 Å². The number of imide groups is 1. The van der Waals surface area contributed by atoms with Crippen LogP contribution in [-0.2, 0) is 14.4 Å². The van der Waals surface area contributed by atoms with E-state index in [2.05, 4.69) is 10.5 Å². The Morgan fingerprint density at radius 3 is 2.69 bits per heavy atom. The minimum Gasteiger partial charge on any atom is -0.369 e. The van der Waals surface area contributed by atoms with E-state index in [0.29, 0.717) is 0 Å². The van der Waals surface area contributed by atoms with Crippen molar-refractivity contribution in [1.29, 1.82) is 0 Å². The van der Waals surface area contributed by atoms with Gasteiger partial charge in [0.1, 0.15) is 5.71 Å². The van der Waals surface area contributed by atoms with Gasteiger partial charge >= 0.3 is 0 Å². The molecule has 1 aliphatic rings. The van der Waals surface area contributed by atoms with E-state index in [1.165, 1.54) is 7.05 Å². The SMILES string of the molecule is CN/N=C1/C(=O)NC(=O)C1C(N)=O. The van der Waals surface area contributed by atoms with E-state index in [4.69, 9.17) is 5.73 Å². The summed E-state index contributed by atoms with van der Waals surface area (Å²) in [6, 6.07) is 0. The van der Waals surface area contributed by atoms with Gasteiger partial charge < -0.3 is 11.2 Å². The highest BCUT2D eigenvalue weighted by Gasteiger charge is 2.42. The maximum Gasteiger partial charge on any atom is 0.275 e. The topological polar surface area (TPSA) is 114 Å². The lowest BCUT2D eigenvalue weighted by Gasteiger charge is -1.99. The van der Waals surface area contributed by atoms with Gasteiger partial charge in [-0.15, -0.1) is 0 Å². The number of primary amides is 1. The van der Waals surface area contributed by atoms with Gasteiger partial charge in [0.05, 0.1) is 0 Å². The third kappa shape index (κ3) is 1.48. The van der Waals surface area contributed by atoms with Gasteiger partial charge in [0, 0.05) is 7.05 Å². The van der Waals surface area contributed by atoms with Crippen LogP contribution in [0, 0.1) is 5.92 Å². The van der Waals surface area contributed by atoms with Gasteiger partial charge in [0.25, 0.3) is 5.91 Å². The van der Waals surface area contributed by atoms with Gasteiger partial charge in [-0.1, -0.05) is 0 Å². The average molecular weight is 184 g/mol.